The highest BCUT2D eigenvalue weighted by Crippen LogP contribution is 2.31. The standard InChI is InChI=1S/C16H19FN4O2/c1-11-18-16(20-19-11)14-9-21(8-12(14)7-17)15(22)10-23-13-5-3-2-4-6-13/h2-6,12,14H,7-10H2,1H3,(H,18,19,20)/t12-,14-/m1/s1. The number of likely N-dealkylation sites (tertiary alicyclic amines) is 1. The van der Waals surface area contributed by atoms with Crippen LogP contribution in [-0.2, 0) is 4.79 Å². The molecule has 0 aliphatic carbocycles. The smallest absolute Gasteiger partial charge is 0.260 e. The molecule has 1 aliphatic heterocycles. The maximum Gasteiger partial charge on any atom is 0.260 e. The highest BCUT2D eigenvalue weighted by Gasteiger charge is 2.38. The van der Waals surface area contributed by atoms with Crippen LogP contribution in [0.2, 0.25) is 0 Å². The van der Waals surface area contributed by atoms with Crippen LogP contribution in [0.3, 0.4) is 0 Å². The molecule has 0 unspecified atom stereocenters. The van der Waals surface area contributed by atoms with Crippen molar-refractivity contribution in [2.24, 2.45) is 5.92 Å². The van der Waals surface area contributed by atoms with E-state index < -0.39 is 6.67 Å². The number of aryl methyl sites for hydroxylation is 1. The number of nitrogens with zero attached hydrogens (tertiary/aromatic N) is 3. The minimum absolute atomic E-state index is 0.0528. The number of amides is 1. The Morgan fingerprint density at radius 2 is 2.17 bits per heavy atom. The Balaban J connectivity index is 1.61. The number of hydrogen-bond donors (Lipinski definition) is 1. The zero-order valence-electron chi connectivity index (χ0n) is 12.9. The van der Waals surface area contributed by atoms with Crippen LogP contribution in [0.25, 0.3) is 0 Å². The summed E-state index contributed by atoms with van der Waals surface area (Å²) in [4.78, 5) is 18.2. The number of aromatic nitrogens is 3. The first-order valence-electron chi connectivity index (χ1n) is 7.58. The van der Waals surface area contributed by atoms with E-state index in [1.54, 1.807) is 24.0 Å². The Morgan fingerprint density at radius 1 is 1.39 bits per heavy atom. The number of benzene rings is 1. The number of carbonyl (C=O) groups is 1. The van der Waals surface area contributed by atoms with Gasteiger partial charge in [0.05, 0.1) is 6.67 Å². The van der Waals surface area contributed by atoms with Crippen molar-refractivity contribution in [3.8, 4) is 5.75 Å². The molecule has 2 aromatic rings. The van der Waals surface area contributed by atoms with E-state index in [1.807, 2.05) is 18.2 Å². The van der Waals surface area contributed by atoms with Crippen molar-refractivity contribution in [3.63, 3.8) is 0 Å². The Hall–Kier alpha value is -2.44. The summed E-state index contributed by atoms with van der Waals surface area (Å²) >= 11 is 0. The molecule has 23 heavy (non-hydrogen) atoms. The van der Waals surface area contributed by atoms with Crippen LogP contribution in [0.15, 0.2) is 30.3 Å². The van der Waals surface area contributed by atoms with E-state index in [0.29, 0.717) is 30.5 Å². The van der Waals surface area contributed by atoms with Gasteiger partial charge in [-0.2, -0.15) is 5.10 Å². The number of H-pyrrole nitrogens is 1. The monoisotopic (exact) mass is 318 g/mol. The Labute approximate surface area is 133 Å². The number of alkyl halides is 1. The first-order valence-corrected chi connectivity index (χ1v) is 7.58. The molecule has 1 N–H and O–H groups in total. The van der Waals surface area contributed by atoms with Crippen molar-refractivity contribution in [2.75, 3.05) is 26.4 Å². The van der Waals surface area contributed by atoms with Gasteiger partial charge < -0.3 is 9.64 Å². The summed E-state index contributed by atoms with van der Waals surface area (Å²) < 4.78 is 18.8. The predicted molar refractivity (Wildman–Crippen MR) is 81.8 cm³/mol. The third-order valence-corrected chi connectivity index (χ3v) is 4.04. The fourth-order valence-corrected chi connectivity index (χ4v) is 2.80. The van der Waals surface area contributed by atoms with Gasteiger partial charge in [-0.1, -0.05) is 18.2 Å². The summed E-state index contributed by atoms with van der Waals surface area (Å²) in [6, 6.07) is 9.15. The van der Waals surface area contributed by atoms with E-state index in [2.05, 4.69) is 15.2 Å². The maximum atomic E-state index is 13.3. The lowest BCUT2D eigenvalue weighted by Crippen LogP contribution is -2.33. The molecule has 0 saturated carbocycles. The molecule has 1 amide bonds. The normalized spacial score (nSPS) is 20.7. The van der Waals surface area contributed by atoms with Crippen LogP contribution in [0, 0.1) is 12.8 Å². The number of para-hydroxylation sites is 1. The van der Waals surface area contributed by atoms with Gasteiger partial charge in [0.15, 0.2) is 12.4 Å². The molecule has 2 heterocycles. The first kappa shape index (κ1) is 15.5. The fraction of sp³-hybridized carbons (Fsp3) is 0.438. The third-order valence-electron chi connectivity index (χ3n) is 4.04. The van der Waals surface area contributed by atoms with Gasteiger partial charge in [-0.3, -0.25) is 14.3 Å². The first-order chi connectivity index (χ1) is 11.2. The number of ether oxygens (including phenoxy) is 1. The number of hydrogen-bond acceptors (Lipinski definition) is 4. The minimum atomic E-state index is -0.498. The molecule has 1 fully saturated rings. The van der Waals surface area contributed by atoms with Crippen molar-refractivity contribution >= 4 is 5.91 Å². The Bertz CT molecular complexity index is 661. The second kappa shape index (κ2) is 6.76. The summed E-state index contributed by atoms with van der Waals surface area (Å²) in [6.45, 7) is 2.03. The lowest BCUT2D eigenvalue weighted by molar-refractivity contribution is -0.132. The van der Waals surface area contributed by atoms with Gasteiger partial charge in [0.1, 0.15) is 11.6 Å². The maximum absolute atomic E-state index is 13.3. The van der Waals surface area contributed by atoms with Gasteiger partial charge in [-0.05, 0) is 19.1 Å². The molecule has 1 aromatic carbocycles. The molecule has 6 nitrogen and oxygen atoms in total. The van der Waals surface area contributed by atoms with Crippen LogP contribution in [-0.4, -0.2) is 52.4 Å². The van der Waals surface area contributed by atoms with Crippen LogP contribution >= 0.6 is 0 Å². The molecule has 0 bridgehead atoms. The minimum Gasteiger partial charge on any atom is -0.484 e. The van der Waals surface area contributed by atoms with E-state index in [1.165, 1.54) is 0 Å². The van der Waals surface area contributed by atoms with E-state index in [0.717, 1.165) is 0 Å². The molecule has 0 spiro atoms. The summed E-state index contributed by atoms with van der Waals surface area (Å²) in [5, 5.41) is 6.88. The van der Waals surface area contributed by atoms with Crippen LogP contribution < -0.4 is 4.74 Å². The second-order valence-electron chi connectivity index (χ2n) is 5.70. The van der Waals surface area contributed by atoms with Gasteiger partial charge in [0.2, 0.25) is 0 Å². The van der Waals surface area contributed by atoms with Gasteiger partial charge in [0, 0.05) is 24.9 Å². The molecule has 1 aliphatic rings. The number of carbonyl (C=O) groups excluding carboxylic acids is 1. The highest BCUT2D eigenvalue weighted by molar-refractivity contribution is 5.78. The van der Waals surface area contributed by atoms with Crippen molar-refractivity contribution in [1.82, 2.24) is 20.1 Å². The number of halogens is 1. The summed E-state index contributed by atoms with van der Waals surface area (Å²) in [5.41, 5.74) is 0. The zero-order valence-corrected chi connectivity index (χ0v) is 12.9. The molecule has 2 atom stereocenters. The topological polar surface area (TPSA) is 71.1 Å². The number of rotatable bonds is 5. The molecular formula is C16H19FN4O2. The molecule has 7 heteroatoms. The van der Waals surface area contributed by atoms with Crippen molar-refractivity contribution in [2.45, 2.75) is 12.8 Å². The van der Waals surface area contributed by atoms with E-state index in [4.69, 9.17) is 4.74 Å². The number of nitrogens with one attached hydrogen (secondary N) is 1. The molecule has 0 radical (unpaired) electrons. The quantitative estimate of drug-likeness (QED) is 0.911. The van der Waals surface area contributed by atoms with E-state index >= 15 is 0 Å². The van der Waals surface area contributed by atoms with E-state index in [9.17, 15) is 9.18 Å². The van der Waals surface area contributed by atoms with Crippen molar-refractivity contribution < 1.29 is 13.9 Å². The summed E-state index contributed by atoms with van der Waals surface area (Å²) in [7, 11) is 0. The van der Waals surface area contributed by atoms with Crippen LogP contribution in [0.1, 0.15) is 17.6 Å². The molecule has 1 aromatic heterocycles. The van der Waals surface area contributed by atoms with Crippen molar-refractivity contribution in [1.29, 1.82) is 0 Å². The zero-order chi connectivity index (χ0) is 16.2. The van der Waals surface area contributed by atoms with Gasteiger partial charge >= 0.3 is 0 Å². The van der Waals surface area contributed by atoms with Crippen LogP contribution in [0.5, 0.6) is 5.75 Å². The summed E-state index contributed by atoms with van der Waals surface area (Å²) in [5.74, 6) is 1.31. The Morgan fingerprint density at radius 3 is 2.83 bits per heavy atom. The van der Waals surface area contributed by atoms with Crippen LogP contribution in [0.4, 0.5) is 4.39 Å². The lowest BCUT2D eigenvalue weighted by Gasteiger charge is -2.16. The average molecular weight is 318 g/mol. The molecule has 1 saturated heterocycles. The molecule has 3 rings (SSSR count). The number of aromatic amines is 1. The lowest BCUT2D eigenvalue weighted by atomic mass is 9.97. The predicted octanol–water partition coefficient (Wildman–Crippen LogP) is 1.70. The molecular weight excluding hydrogens is 299 g/mol. The highest BCUT2D eigenvalue weighted by atomic mass is 19.1. The SMILES string of the molecule is Cc1nc([C@@H]2CN(C(=O)COc3ccccc3)C[C@H]2CF)n[nH]1. The third kappa shape index (κ3) is 3.49. The second-order valence-corrected chi connectivity index (χ2v) is 5.70. The van der Waals surface area contributed by atoms with E-state index in [-0.39, 0.29) is 24.3 Å². The van der Waals surface area contributed by atoms with Gasteiger partial charge in [-0.15, -0.1) is 0 Å². The molecule has 122 valence electrons. The summed E-state index contributed by atoms with van der Waals surface area (Å²) in [6.07, 6.45) is 0. The largest absolute Gasteiger partial charge is 0.484 e. The van der Waals surface area contributed by atoms with Gasteiger partial charge in [-0.25, -0.2) is 4.98 Å². The fourth-order valence-electron chi connectivity index (χ4n) is 2.80. The Kier molecular flexibility index (Phi) is 4.55. The average Bonchev–Trinajstić information content (AvgIpc) is 3.19. The van der Waals surface area contributed by atoms with Crippen molar-refractivity contribution in [3.05, 3.63) is 42.0 Å². The van der Waals surface area contributed by atoms with Gasteiger partial charge in [0.25, 0.3) is 5.91 Å².